The van der Waals surface area contributed by atoms with Crippen LogP contribution in [0.25, 0.3) is 11.1 Å². The number of carbonyl (C=O) groups is 1. The molecular weight excluding hydrogens is 459 g/mol. The fourth-order valence-corrected chi connectivity index (χ4v) is 6.13. The summed E-state index contributed by atoms with van der Waals surface area (Å²) >= 11 is 0. The van der Waals surface area contributed by atoms with Crippen molar-refractivity contribution in [3.05, 3.63) is 48.3 Å². The van der Waals surface area contributed by atoms with Crippen molar-refractivity contribution in [1.29, 1.82) is 0 Å². The molecule has 7 nitrogen and oxygen atoms in total. The maximum absolute atomic E-state index is 14.5. The number of aliphatic hydroxyl groups excluding tert-OH is 1. The first-order valence-corrected chi connectivity index (χ1v) is 13.0. The van der Waals surface area contributed by atoms with Crippen LogP contribution in [0.4, 0.5) is 4.39 Å². The number of fused-ring (bicyclic) bond motifs is 1. The highest BCUT2D eigenvalue weighted by molar-refractivity contribution is 7.89. The molecular formula is C25H31FN2O5S. The lowest BCUT2D eigenvalue weighted by Gasteiger charge is -2.37. The minimum Gasteiger partial charge on any atom is -0.487 e. The third-order valence-electron chi connectivity index (χ3n) is 6.61. The number of amides is 1. The summed E-state index contributed by atoms with van der Waals surface area (Å²) in [5.74, 6) is -0.471. The van der Waals surface area contributed by atoms with Crippen LogP contribution in [0.2, 0.25) is 0 Å². The van der Waals surface area contributed by atoms with E-state index in [2.05, 4.69) is 0 Å². The summed E-state index contributed by atoms with van der Waals surface area (Å²) in [4.78, 5) is 14.2. The van der Waals surface area contributed by atoms with Crippen LogP contribution >= 0.6 is 0 Å². The average molecular weight is 491 g/mol. The Kier molecular flexibility index (Phi) is 6.98. The molecule has 184 valence electrons. The molecule has 1 fully saturated rings. The minimum absolute atomic E-state index is 0.0408. The topological polar surface area (TPSA) is 87.2 Å². The van der Waals surface area contributed by atoms with Gasteiger partial charge in [0.05, 0.1) is 13.2 Å². The normalized spacial score (nSPS) is 23.2. The van der Waals surface area contributed by atoms with Crippen molar-refractivity contribution >= 4 is 15.9 Å². The van der Waals surface area contributed by atoms with Crippen molar-refractivity contribution in [3.8, 4) is 16.9 Å². The second kappa shape index (κ2) is 9.64. The van der Waals surface area contributed by atoms with Gasteiger partial charge in [0.2, 0.25) is 15.9 Å². The van der Waals surface area contributed by atoms with E-state index in [1.807, 2.05) is 6.92 Å². The lowest BCUT2D eigenvalue weighted by molar-refractivity contribution is -0.132. The number of ether oxygens (including phenoxy) is 1. The molecule has 1 heterocycles. The number of hydrogen-bond donors (Lipinski definition) is 1. The molecule has 2 aliphatic rings. The molecule has 1 aliphatic carbocycles. The summed E-state index contributed by atoms with van der Waals surface area (Å²) in [6, 6.07) is 10.1. The Morgan fingerprint density at radius 3 is 2.62 bits per heavy atom. The summed E-state index contributed by atoms with van der Waals surface area (Å²) in [7, 11) is -2.26. The Morgan fingerprint density at radius 2 is 1.97 bits per heavy atom. The number of nitrogens with zero attached hydrogens (tertiary/aromatic N) is 2. The van der Waals surface area contributed by atoms with Crippen LogP contribution in [0.15, 0.2) is 47.4 Å². The summed E-state index contributed by atoms with van der Waals surface area (Å²) in [5.41, 5.74) is 0.822. The van der Waals surface area contributed by atoms with Crippen LogP contribution in [0.1, 0.15) is 26.7 Å². The maximum Gasteiger partial charge on any atom is 0.247 e. The van der Waals surface area contributed by atoms with Gasteiger partial charge in [-0.25, -0.2) is 12.8 Å². The van der Waals surface area contributed by atoms with Crippen molar-refractivity contribution < 1.29 is 27.4 Å². The molecule has 0 bridgehead atoms. The molecule has 4 rings (SSSR count). The summed E-state index contributed by atoms with van der Waals surface area (Å²) in [6.07, 6.45) is 1.28. The zero-order chi connectivity index (χ0) is 24.6. The highest BCUT2D eigenvalue weighted by Gasteiger charge is 2.39. The van der Waals surface area contributed by atoms with Crippen molar-refractivity contribution in [1.82, 2.24) is 9.21 Å². The van der Waals surface area contributed by atoms with Gasteiger partial charge in [-0.3, -0.25) is 4.79 Å². The highest BCUT2D eigenvalue weighted by atomic mass is 32.2. The lowest BCUT2D eigenvalue weighted by atomic mass is 10.0. The molecule has 2 aromatic rings. The summed E-state index contributed by atoms with van der Waals surface area (Å²) in [5, 5.41) is 9.76. The highest BCUT2D eigenvalue weighted by Crippen LogP contribution is 2.37. The molecule has 1 saturated carbocycles. The van der Waals surface area contributed by atoms with Gasteiger partial charge in [-0.05, 0) is 43.5 Å². The smallest absolute Gasteiger partial charge is 0.247 e. The van der Waals surface area contributed by atoms with Crippen LogP contribution in [0.3, 0.4) is 0 Å². The third kappa shape index (κ3) is 4.82. The van der Waals surface area contributed by atoms with Crippen molar-refractivity contribution in [2.24, 2.45) is 11.8 Å². The molecule has 0 spiro atoms. The van der Waals surface area contributed by atoms with E-state index in [1.165, 1.54) is 16.4 Å². The minimum atomic E-state index is -3.99. The van der Waals surface area contributed by atoms with Crippen LogP contribution in [-0.2, 0) is 14.8 Å². The van der Waals surface area contributed by atoms with Gasteiger partial charge in [0.1, 0.15) is 22.6 Å². The number of sulfonamides is 1. The van der Waals surface area contributed by atoms with Crippen molar-refractivity contribution in [3.63, 3.8) is 0 Å². The Labute approximate surface area is 200 Å². The molecule has 1 N–H and O–H groups in total. The zero-order valence-electron chi connectivity index (χ0n) is 19.6. The number of hydrogen-bond acceptors (Lipinski definition) is 5. The number of likely N-dealkylation sites (N-methyl/N-ethyl adjacent to an activating group) is 1. The van der Waals surface area contributed by atoms with Gasteiger partial charge in [0, 0.05) is 37.0 Å². The second-order valence-corrected chi connectivity index (χ2v) is 11.2. The molecule has 0 aromatic heterocycles. The SMILES string of the molecule is C[C@@H]1CN([C@@H](C)CO)S(=O)(=O)c2ccc(-c3ccccc3F)cc2O[C@@H]1CN(C)C(=O)C1CC1. The van der Waals surface area contributed by atoms with E-state index >= 15 is 0 Å². The van der Waals surface area contributed by atoms with Gasteiger partial charge in [-0.15, -0.1) is 0 Å². The van der Waals surface area contributed by atoms with E-state index in [-0.39, 0.29) is 41.5 Å². The lowest BCUT2D eigenvalue weighted by Crippen LogP contribution is -2.50. The van der Waals surface area contributed by atoms with E-state index in [1.54, 1.807) is 49.2 Å². The molecule has 1 aliphatic heterocycles. The standard InChI is InChI=1S/C25H31FN2O5S/c1-16-13-28(17(2)15-29)34(31,32)24-11-10-19(20-6-4-5-7-21(20)26)12-22(24)33-23(16)14-27(3)25(30)18-8-9-18/h4-7,10-12,16-18,23,29H,8-9,13-15H2,1-3H3/t16-,17+,23-/m1/s1. The molecule has 0 unspecified atom stereocenters. The molecule has 9 heteroatoms. The number of carbonyl (C=O) groups excluding carboxylic acids is 1. The number of halogens is 1. The predicted octanol–water partition coefficient (Wildman–Crippen LogP) is 3.13. The summed E-state index contributed by atoms with van der Waals surface area (Å²) < 4.78 is 49.2. The molecule has 34 heavy (non-hydrogen) atoms. The van der Waals surface area contributed by atoms with Crippen LogP contribution in [0, 0.1) is 17.7 Å². The first-order valence-electron chi connectivity index (χ1n) is 11.6. The third-order valence-corrected chi connectivity index (χ3v) is 8.63. The molecule has 3 atom stereocenters. The Bertz CT molecular complexity index is 1170. The number of aliphatic hydroxyl groups is 1. The van der Waals surface area contributed by atoms with Crippen LogP contribution < -0.4 is 4.74 Å². The fraction of sp³-hybridized carbons (Fsp3) is 0.480. The van der Waals surface area contributed by atoms with Crippen molar-refractivity contribution in [2.75, 3.05) is 26.7 Å². The largest absolute Gasteiger partial charge is 0.487 e. The van der Waals surface area contributed by atoms with E-state index in [0.717, 1.165) is 12.8 Å². The van der Waals surface area contributed by atoms with E-state index in [4.69, 9.17) is 4.74 Å². The Morgan fingerprint density at radius 1 is 1.26 bits per heavy atom. The average Bonchev–Trinajstić information content (AvgIpc) is 3.66. The maximum atomic E-state index is 14.5. The van der Waals surface area contributed by atoms with Crippen LogP contribution in [-0.4, -0.2) is 67.5 Å². The zero-order valence-corrected chi connectivity index (χ0v) is 20.5. The first kappa shape index (κ1) is 24.6. The van der Waals surface area contributed by atoms with Gasteiger partial charge in [-0.2, -0.15) is 4.31 Å². The monoisotopic (exact) mass is 490 g/mol. The Balaban J connectivity index is 1.78. The Hall–Kier alpha value is -2.49. The van der Waals surface area contributed by atoms with Gasteiger partial charge < -0.3 is 14.7 Å². The van der Waals surface area contributed by atoms with E-state index < -0.39 is 28.0 Å². The number of rotatable bonds is 6. The molecule has 0 saturated heterocycles. The van der Waals surface area contributed by atoms with Gasteiger partial charge in [-0.1, -0.05) is 31.2 Å². The van der Waals surface area contributed by atoms with E-state index in [0.29, 0.717) is 17.7 Å². The van der Waals surface area contributed by atoms with Crippen LogP contribution in [0.5, 0.6) is 5.75 Å². The molecule has 0 radical (unpaired) electrons. The second-order valence-electron chi connectivity index (χ2n) is 9.37. The van der Waals surface area contributed by atoms with Gasteiger partial charge >= 0.3 is 0 Å². The predicted molar refractivity (Wildman–Crippen MR) is 126 cm³/mol. The van der Waals surface area contributed by atoms with Gasteiger partial charge in [0.25, 0.3) is 0 Å². The molecule has 2 aromatic carbocycles. The quantitative estimate of drug-likeness (QED) is 0.672. The first-order chi connectivity index (χ1) is 16.1. The molecule has 1 amide bonds. The van der Waals surface area contributed by atoms with Crippen molar-refractivity contribution in [2.45, 2.75) is 43.7 Å². The van der Waals surface area contributed by atoms with E-state index in [9.17, 15) is 22.7 Å². The number of benzene rings is 2. The van der Waals surface area contributed by atoms with Gasteiger partial charge in [0.15, 0.2) is 0 Å². The fourth-order valence-electron chi connectivity index (χ4n) is 4.31. The summed E-state index contributed by atoms with van der Waals surface area (Å²) in [6.45, 7) is 3.62.